The summed E-state index contributed by atoms with van der Waals surface area (Å²) in [4.78, 5) is 26.5. The molecule has 11 heteroatoms. The van der Waals surface area contributed by atoms with Gasteiger partial charge >= 0.3 is 5.97 Å². The Bertz CT molecular complexity index is 1480. The predicted molar refractivity (Wildman–Crippen MR) is 156 cm³/mol. The summed E-state index contributed by atoms with van der Waals surface area (Å²) in [6.45, 7) is 8.62. The summed E-state index contributed by atoms with van der Waals surface area (Å²) >= 11 is 8.87. The highest BCUT2D eigenvalue weighted by molar-refractivity contribution is 7.99. The highest BCUT2D eigenvalue weighted by Gasteiger charge is 2.25. The summed E-state index contributed by atoms with van der Waals surface area (Å²) in [5.74, 6) is 0.688. The second-order valence-electron chi connectivity index (χ2n) is 8.73. The minimum Gasteiger partial charge on any atom is -0.486 e. The summed E-state index contributed by atoms with van der Waals surface area (Å²) in [6, 6.07) is 13.4. The van der Waals surface area contributed by atoms with Crippen LogP contribution in [0.3, 0.4) is 0 Å². The molecule has 1 amide bonds. The summed E-state index contributed by atoms with van der Waals surface area (Å²) in [6.07, 6.45) is 0. The molecule has 0 fully saturated rings. The third-order valence-corrected chi connectivity index (χ3v) is 8.59. The monoisotopic (exact) mass is 584 g/mol. The van der Waals surface area contributed by atoms with E-state index >= 15 is 0 Å². The van der Waals surface area contributed by atoms with Crippen LogP contribution < -0.4 is 10.1 Å². The minimum atomic E-state index is -0.498. The van der Waals surface area contributed by atoms with E-state index in [1.54, 1.807) is 0 Å². The summed E-state index contributed by atoms with van der Waals surface area (Å²) < 4.78 is 12.9. The Morgan fingerprint density at radius 2 is 1.79 bits per heavy atom. The van der Waals surface area contributed by atoms with Crippen LogP contribution in [-0.4, -0.2) is 39.5 Å². The maximum atomic E-state index is 12.9. The van der Waals surface area contributed by atoms with E-state index in [4.69, 9.17) is 21.1 Å². The molecule has 0 spiro atoms. The Hall–Kier alpha value is -3.34. The lowest BCUT2D eigenvalue weighted by Crippen LogP contribution is -2.16. The van der Waals surface area contributed by atoms with E-state index in [1.165, 1.54) is 30.2 Å². The van der Waals surface area contributed by atoms with Crippen molar-refractivity contribution in [3.8, 4) is 16.9 Å². The maximum absolute atomic E-state index is 12.9. The average Bonchev–Trinajstić information content (AvgIpc) is 3.48. The average molecular weight is 585 g/mol. The Kier molecular flexibility index (Phi) is 9.32. The van der Waals surface area contributed by atoms with E-state index in [1.807, 2.05) is 74.7 Å². The molecule has 0 aliphatic rings. The third kappa shape index (κ3) is 6.46. The largest absolute Gasteiger partial charge is 0.486 e. The molecule has 2 aromatic carbocycles. The molecule has 4 aromatic rings. The Morgan fingerprint density at radius 3 is 2.44 bits per heavy atom. The first-order valence-corrected chi connectivity index (χ1v) is 14.4. The lowest BCUT2D eigenvalue weighted by molar-refractivity contribution is -0.113. The summed E-state index contributed by atoms with van der Waals surface area (Å²) in [5.41, 5.74) is 3.89. The van der Waals surface area contributed by atoms with Crippen LogP contribution in [0.5, 0.6) is 5.75 Å². The molecule has 0 saturated carbocycles. The molecule has 0 aliphatic carbocycles. The SMILES string of the molecule is CCn1c(COc2cc(C)c(Cl)c(C)c2)nnc1SCC(=O)Nc1sc(C)c(-c2ccccc2)c1C(=O)OC. The molecule has 0 radical (unpaired) electrons. The number of nitrogens with zero attached hydrogens (tertiary/aromatic N) is 3. The van der Waals surface area contributed by atoms with Gasteiger partial charge in [-0.05, 0) is 56.5 Å². The number of benzene rings is 2. The van der Waals surface area contributed by atoms with Crippen molar-refractivity contribution in [2.24, 2.45) is 0 Å². The van der Waals surface area contributed by atoms with Gasteiger partial charge in [-0.3, -0.25) is 4.79 Å². The number of esters is 1. The number of nitrogens with one attached hydrogen (secondary N) is 1. The topological polar surface area (TPSA) is 95.3 Å². The maximum Gasteiger partial charge on any atom is 0.341 e. The first-order valence-electron chi connectivity index (χ1n) is 12.2. The number of hydrogen-bond acceptors (Lipinski definition) is 8. The molecule has 204 valence electrons. The van der Waals surface area contributed by atoms with E-state index in [9.17, 15) is 9.59 Å². The number of thioether (sulfide) groups is 1. The fourth-order valence-electron chi connectivity index (χ4n) is 4.16. The number of methoxy groups -OCH3 is 1. The van der Waals surface area contributed by atoms with Crippen molar-refractivity contribution in [2.45, 2.75) is 46.0 Å². The number of halogens is 1. The molecule has 39 heavy (non-hydrogen) atoms. The van der Waals surface area contributed by atoms with Gasteiger partial charge in [-0.2, -0.15) is 0 Å². The van der Waals surface area contributed by atoms with E-state index in [0.29, 0.717) is 33.8 Å². The Labute approximate surface area is 240 Å². The quantitative estimate of drug-likeness (QED) is 0.164. The number of aromatic nitrogens is 3. The van der Waals surface area contributed by atoms with Crippen molar-refractivity contribution in [1.29, 1.82) is 0 Å². The second kappa shape index (κ2) is 12.7. The van der Waals surface area contributed by atoms with Crippen molar-refractivity contribution >= 4 is 51.6 Å². The number of thiophene rings is 1. The summed E-state index contributed by atoms with van der Waals surface area (Å²) in [5, 5.41) is 13.2. The number of carbonyl (C=O) groups is 2. The number of amides is 1. The van der Waals surface area contributed by atoms with Gasteiger partial charge in [-0.1, -0.05) is 53.7 Å². The standard InChI is InChI=1S/C28H29ClN4O4S2/c1-6-33-21(14-37-20-12-16(2)25(29)17(3)13-20)31-32-28(33)38-15-22(34)30-26-24(27(35)36-5)23(18(4)39-26)19-10-8-7-9-11-19/h7-13H,6,14-15H2,1-5H3,(H,30,34). The smallest absolute Gasteiger partial charge is 0.341 e. The zero-order valence-corrected chi connectivity index (χ0v) is 24.7. The Morgan fingerprint density at radius 1 is 1.10 bits per heavy atom. The number of anilines is 1. The fourth-order valence-corrected chi connectivity index (χ4v) is 6.17. The molecular formula is C28H29ClN4O4S2. The van der Waals surface area contributed by atoms with Gasteiger partial charge < -0.3 is 19.4 Å². The van der Waals surface area contributed by atoms with Gasteiger partial charge in [0.2, 0.25) is 5.91 Å². The van der Waals surface area contributed by atoms with E-state index in [2.05, 4.69) is 15.5 Å². The van der Waals surface area contributed by atoms with Crippen LogP contribution in [0.4, 0.5) is 5.00 Å². The summed E-state index contributed by atoms with van der Waals surface area (Å²) in [7, 11) is 1.33. The zero-order valence-electron chi connectivity index (χ0n) is 22.3. The van der Waals surface area contributed by atoms with Crippen LogP contribution in [0.2, 0.25) is 5.02 Å². The van der Waals surface area contributed by atoms with Crippen molar-refractivity contribution < 1.29 is 19.1 Å². The van der Waals surface area contributed by atoms with Crippen LogP contribution >= 0.6 is 34.7 Å². The van der Waals surface area contributed by atoms with Crippen molar-refractivity contribution in [2.75, 3.05) is 18.2 Å². The number of hydrogen-bond donors (Lipinski definition) is 1. The molecule has 0 atom stereocenters. The van der Waals surface area contributed by atoms with Gasteiger partial charge in [-0.25, -0.2) is 4.79 Å². The lowest BCUT2D eigenvalue weighted by atomic mass is 10.0. The third-order valence-electron chi connectivity index (χ3n) is 6.01. The van der Waals surface area contributed by atoms with Gasteiger partial charge in [0.1, 0.15) is 22.9 Å². The number of rotatable bonds is 10. The van der Waals surface area contributed by atoms with Gasteiger partial charge in [0.15, 0.2) is 11.0 Å². The first kappa shape index (κ1) is 28.7. The first-order chi connectivity index (χ1) is 18.7. The van der Waals surface area contributed by atoms with Crippen molar-refractivity contribution in [3.05, 3.63) is 74.9 Å². The molecule has 2 aromatic heterocycles. The molecule has 0 saturated heterocycles. The predicted octanol–water partition coefficient (Wildman–Crippen LogP) is 6.70. The van der Waals surface area contributed by atoms with E-state index < -0.39 is 5.97 Å². The molecule has 1 N–H and O–H groups in total. The van der Waals surface area contributed by atoms with Crippen molar-refractivity contribution in [1.82, 2.24) is 14.8 Å². The molecule has 2 heterocycles. The van der Waals surface area contributed by atoms with Crippen LogP contribution in [0.1, 0.15) is 39.1 Å². The number of aryl methyl sites for hydroxylation is 3. The molecule has 0 aliphatic heterocycles. The van der Waals surface area contributed by atoms with Gasteiger partial charge in [0, 0.05) is 22.0 Å². The molecular weight excluding hydrogens is 556 g/mol. The van der Waals surface area contributed by atoms with Crippen LogP contribution in [0.25, 0.3) is 11.1 Å². The van der Waals surface area contributed by atoms with E-state index in [0.717, 1.165) is 32.2 Å². The zero-order chi connectivity index (χ0) is 28.1. The van der Waals surface area contributed by atoms with Crippen molar-refractivity contribution in [3.63, 3.8) is 0 Å². The highest BCUT2D eigenvalue weighted by atomic mass is 35.5. The van der Waals surface area contributed by atoms with Crippen LogP contribution in [0.15, 0.2) is 47.6 Å². The van der Waals surface area contributed by atoms with Gasteiger partial charge in [-0.15, -0.1) is 21.5 Å². The van der Waals surface area contributed by atoms with Gasteiger partial charge in [0.05, 0.1) is 12.9 Å². The number of ether oxygens (including phenoxy) is 2. The highest BCUT2D eigenvalue weighted by Crippen LogP contribution is 2.40. The van der Waals surface area contributed by atoms with E-state index in [-0.39, 0.29) is 18.3 Å². The molecule has 0 bridgehead atoms. The lowest BCUT2D eigenvalue weighted by Gasteiger charge is -2.11. The normalized spacial score (nSPS) is 10.9. The fraction of sp³-hybridized carbons (Fsp3) is 0.286. The van der Waals surface area contributed by atoms with Gasteiger partial charge in [0.25, 0.3) is 0 Å². The molecule has 0 unspecified atom stereocenters. The molecule has 8 nitrogen and oxygen atoms in total. The van der Waals surface area contributed by atoms with Crippen LogP contribution in [0, 0.1) is 20.8 Å². The minimum absolute atomic E-state index is 0.0901. The van der Waals surface area contributed by atoms with Crippen LogP contribution in [-0.2, 0) is 22.7 Å². The molecule has 4 rings (SSSR count). The Balaban J connectivity index is 1.45. The second-order valence-corrected chi connectivity index (χ2v) is 11.3. The number of carbonyl (C=O) groups excluding carboxylic acids is 2.